The van der Waals surface area contributed by atoms with E-state index < -0.39 is 0 Å². The molecule has 1 heterocycles. The molecule has 0 spiro atoms. The van der Waals surface area contributed by atoms with Crippen molar-refractivity contribution < 1.29 is 19.4 Å². The van der Waals surface area contributed by atoms with Gasteiger partial charge in [0.05, 0.1) is 0 Å². The number of aryl methyl sites for hydroxylation is 1. The first-order chi connectivity index (χ1) is 19.2. The Morgan fingerprint density at radius 1 is 1.10 bits per heavy atom. The minimum atomic E-state index is -0.283. The third-order valence-corrected chi connectivity index (χ3v) is 8.97. The van der Waals surface area contributed by atoms with Crippen molar-refractivity contribution >= 4 is 11.9 Å². The van der Waals surface area contributed by atoms with Gasteiger partial charge in [-0.1, -0.05) is 62.7 Å². The molecule has 1 saturated heterocycles. The maximum Gasteiger partial charge on any atom is 0.302 e. The lowest BCUT2D eigenvalue weighted by molar-refractivity contribution is -0.161. The minimum absolute atomic E-state index is 0.0226. The summed E-state index contributed by atoms with van der Waals surface area (Å²) in [6, 6.07) is 18.1. The van der Waals surface area contributed by atoms with Crippen LogP contribution in [0.4, 0.5) is 0 Å². The summed E-state index contributed by atoms with van der Waals surface area (Å²) in [6.07, 6.45) is 6.66. The molecule has 6 nitrogen and oxygen atoms in total. The summed E-state index contributed by atoms with van der Waals surface area (Å²) in [6.45, 7) is 8.25. The third-order valence-electron chi connectivity index (χ3n) is 8.97. The van der Waals surface area contributed by atoms with Crippen LogP contribution in [0.25, 0.3) is 0 Å². The Morgan fingerprint density at radius 3 is 2.58 bits per heavy atom. The molecule has 0 radical (unpaired) electrons. The van der Waals surface area contributed by atoms with Crippen LogP contribution in [0.3, 0.4) is 0 Å². The van der Waals surface area contributed by atoms with E-state index in [-0.39, 0.29) is 41.1 Å². The maximum absolute atomic E-state index is 13.8. The Labute approximate surface area is 240 Å². The molecule has 6 heteroatoms. The molecule has 1 amide bonds. The Balaban J connectivity index is 1.55. The fourth-order valence-corrected chi connectivity index (χ4v) is 7.13. The number of phenolic OH excluding ortho intramolecular Hbond substituents is 1. The van der Waals surface area contributed by atoms with Gasteiger partial charge in [-0.3, -0.25) is 9.59 Å². The van der Waals surface area contributed by atoms with E-state index >= 15 is 0 Å². The number of benzene rings is 2. The van der Waals surface area contributed by atoms with Gasteiger partial charge >= 0.3 is 5.97 Å². The number of ether oxygens (including phenoxy) is 1. The number of amides is 1. The number of rotatable bonds is 11. The van der Waals surface area contributed by atoms with Crippen LogP contribution >= 0.6 is 0 Å². The second kappa shape index (κ2) is 13.7. The van der Waals surface area contributed by atoms with Crippen LogP contribution in [0.2, 0.25) is 0 Å². The average molecular weight is 549 g/mol. The quantitative estimate of drug-likeness (QED) is 0.277. The molecule has 1 saturated carbocycles. The largest absolute Gasteiger partial charge is 0.508 e. The third kappa shape index (κ3) is 7.45. The van der Waals surface area contributed by atoms with Gasteiger partial charge in [0, 0.05) is 50.2 Å². The second-order valence-electron chi connectivity index (χ2n) is 12.6. The lowest BCUT2D eigenvalue weighted by Crippen LogP contribution is -2.62. The van der Waals surface area contributed by atoms with E-state index in [0.29, 0.717) is 25.3 Å². The summed E-state index contributed by atoms with van der Waals surface area (Å²) in [7, 11) is 2.12. The van der Waals surface area contributed by atoms with Gasteiger partial charge in [0.1, 0.15) is 11.9 Å². The number of hydrogen-bond donors (Lipinski definition) is 1. The van der Waals surface area contributed by atoms with Gasteiger partial charge in [-0.15, -0.1) is 0 Å². The number of piperidine rings is 1. The molecule has 2 aliphatic rings. The molecule has 0 aromatic heterocycles. The van der Waals surface area contributed by atoms with E-state index in [2.05, 4.69) is 61.0 Å². The van der Waals surface area contributed by atoms with Crippen molar-refractivity contribution in [3.8, 4) is 5.75 Å². The van der Waals surface area contributed by atoms with Crippen molar-refractivity contribution in [2.75, 3.05) is 26.7 Å². The molecular formula is C34H48N2O4. The molecular weight excluding hydrogens is 500 g/mol. The molecule has 1 aliphatic heterocycles. The van der Waals surface area contributed by atoms with E-state index in [1.807, 2.05) is 18.2 Å². The SMILES string of the molecule is CC(=O)OC1CC(N(CC(C)C)C(=O)CCCCCc2ccccc2)CC2(c3cccc(O)c3)CCN(C)CC12. The standard InChI is InChI=1S/C34H48N2O4/c1-25(2)23-36(33(39)17-10-6-9-14-27-12-7-5-8-13-27)29-21-32(40-26(3)37)31-24-35(4)19-18-34(31,22-29)28-15-11-16-30(38)20-28/h5,7-8,11-13,15-16,20,25,29,31-32,38H,6,9-10,14,17-19,21-24H2,1-4H3. The van der Waals surface area contributed by atoms with Crippen LogP contribution in [0.5, 0.6) is 5.75 Å². The number of aromatic hydroxyl groups is 1. The molecule has 218 valence electrons. The van der Waals surface area contributed by atoms with Gasteiger partial charge in [0.2, 0.25) is 5.91 Å². The lowest BCUT2D eigenvalue weighted by Gasteiger charge is -2.56. The van der Waals surface area contributed by atoms with Crippen molar-refractivity contribution in [3.63, 3.8) is 0 Å². The van der Waals surface area contributed by atoms with Crippen LogP contribution < -0.4 is 0 Å². The number of carbonyl (C=O) groups is 2. The van der Waals surface area contributed by atoms with Crippen LogP contribution in [0.1, 0.15) is 76.8 Å². The summed E-state index contributed by atoms with van der Waals surface area (Å²) in [5.41, 5.74) is 2.16. The van der Waals surface area contributed by atoms with Gasteiger partial charge in [0.25, 0.3) is 0 Å². The Bertz CT molecular complexity index is 1120. The molecule has 4 unspecified atom stereocenters. The zero-order chi connectivity index (χ0) is 28.7. The van der Waals surface area contributed by atoms with E-state index in [1.54, 1.807) is 6.07 Å². The Morgan fingerprint density at radius 2 is 1.88 bits per heavy atom. The molecule has 2 fully saturated rings. The fraction of sp³-hybridized carbons (Fsp3) is 0.588. The second-order valence-corrected chi connectivity index (χ2v) is 12.6. The first-order valence-corrected chi connectivity index (χ1v) is 15.2. The number of phenols is 1. The topological polar surface area (TPSA) is 70.1 Å². The van der Waals surface area contributed by atoms with Crippen molar-refractivity contribution in [2.45, 2.75) is 89.7 Å². The molecule has 0 bridgehead atoms. The number of esters is 1. The number of fused-ring (bicyclic) bond motifs is 1. The maximum atomic E-state index is 13.8. The van der Waals surface area contributed by atoms with Crippen LogP contribution in [-0.2, 0) is 26.2 Å². The summed E-state index contributed by atoms with van der Waals surface area (Å²) in [5.74, 6) is 0.617. The van der Waals surface area contributed by atoms with Gasteiger partial charge in [-0.2, -0.15) is 0 Å². The Kier molecular flexibility index (Phi) is 10.3. The zero-order valence-electron chi connectivity index (χ0n) is 24.9. The highest BCUT2D eigenvalue weighted by molar-refractivity contribution is 5.76. The van der Waals surface area contributed by atoms with E-state index in [1.165, 1.54) is 12.5 Å². The molecule has 4 atom stereocenters. The van der Waals surface area contributed by atoms with E-state index in [9.17, 15) is 14.7 Å². The summed E-state index contributed by atoms with van der Waals surface area (Å²) < 4.78 is 6.04. The van der Waals surface area contributed by atoms with Gasteiger partial charge < -0.3 is 19.6 Å². The lowest BCUT2D eigenvalue weighted by atomic mass is 9.56. The van der Waals surface area contributed by atoms with Crippen LogP contribution in [0.15, 0.2) is 54.6 Å². The van der Waals surface area contributed by atoms with Crippen molar-refractivity contribution in [1.82, 2.24) is 9.80 Å². The first kappa shape index (κ1) is 30.1. The molecule has 1 aliphatic carbocycles. The predicted octanol–water partition coefficient (Wildman–Crippen LogP) is 5.96. The summed E-state index contributed by atoms with van der Waals surface area (Å²) in [5, 5.41) is 10.4. The summed E-state index contributed by atoms with van der Waals surface area (Å²) in [4.78, 5) is 30.5. The number of nitrogens with zero attached hydrogens (tertiary/aromatic N) is 2. The molecule has 2 aromatic carbocycles. The minimum Gasteiger partial charge on any atom is -0.508 e. The van der Waals surface area contributed by atoms with Crippen molar-refractivity contribution in [3.05, 3.63) is 65.7 Å². The zero-order valence-corrected chi connectivity index (χ0v) is 24.9. The monoisotopic (exact) mass is 548 g/mol. The van der Waals surface area contributed by atoms with Crippen molar-refractivity contribution in [1.29, 1.82) is 0 Å². The Hall–Kier alpha value is -2.86. The predicted molar refractivity (Wildman–Crippen MR) is 159 cm³/mol. The first-order valence-electron chi connectivity index (χ1n) is 15.2. The summed E-state index contributed by atoms with van der Waals surface area (Å²) >= 11 is 0. The highest BCUT2D eigenvalue weighted by atomic mass is 16.5. The average Bonchev–Trinajstić information content (AvgIpc) is 2.92. The smallest absolute Gasteiger partial charge is 0.302 e. The molecule has 4 rings (SSSR count). The van der Waals surface area contributed by atoms with Crippen LogP contribution in [-0.4, -0.2) is 65.6 Å². The van der Waals surface area contributed by atoms with Gasteiger partial charge in [-0.25, -0.2) is 0 Å². The number of unbranched alkanes of at least 4 members (excludes halogenated alkanes) is 2. The van der Waals surface area contributed by atoms with Gasteiger partial charge in [-0.05, 0) is 74.9 Å². The van der Waals surface area contributed by atoms with Crippen molar-refractivity contribution in [2.24, 2.45) is 11.8 Å². The number of carbonyl (C=O) groups excluding carboxylic acids is 2. The number of likely N-dealkylation sites (tertiary alicyclic amines) is 1. The van der Waals surface area contributed by atoms with Gasteiger partial charge in [0.15, 0.2) is 0 Å². The molecule has 2 aromatic rings. The normalized spacial score (nSPS) is 24.9. The van der Waals surface area contributed by atoms with E-state index in [4.69, 9.17) is 4.74 Å². The molecule has 1 N–H and O–H groups in total. The number of hydrogen-bond acceptors (Lipinski definition) is 5. The highest BCUT2D eigenvalue weighted by Gasteiger charge is 2.54. The van der Waals surface area contributed by atoms with E-state index in [0.717, 1.165) is 57.2 Å². The fourth-order valence-electron chi connectivity index (χ4n) is 7.13. The molecule has 40 heavy (non-hydrogen) atoms. The highest BCUT2D eigenvalue weighted by Crippen LogP contribution is 2.51. The van der Waals surface area contributed by atoms with Crippen LogP contribution in [0, 0.1) is 11.8 Å².